The molecule has 1 aromatic heterocycles. The van der Waals surface area contributed by atoms with Crippen molar-refractivity contribution in [3.63, 3.8) is 0 Å². The van der Waals surface area contributed by atoms with Gasteiger partial charge in [0, 0.05) is 18.0 Å². The molecule has 0 saturated carbocycles. The van der Waals surface area contributed by atoms with Crippen molar-refractivity contribution in [2.24, 2.45) is 0 Å². The van der Waals surface area contributed by atoms with Gasteiger partial charge in [-0.1, -0.05) is 23.7 Å². The molecule has 106 valence electrons. The molecule has 0 aliphatic rings. The monoisotopic (exact) mass is 307 g/mol. The summed E-state index contributed by atoms with van der Waals surface area (Å²) in [6.07, 6.45) is 2.12. The van der Waals surface area contributed by atoms with Crippen LogP contribution in [0, 0.1) is 6.92 Å². The molecular weight excluding hydrogens is 290 g/mol. The Labute approximate surface area is 128 Å². The predicted molar refractivity (Wildman–Crippen MR) is 85.5 cm³/mol. The van der Waals surface area contributed by atoms with E-state index in [2.05, 4.69) is 22.1 Å². The number of hydrogen-bond acceptors (Lipinski definition) is 2. The zero-order chi connectivity index (χ0) is 14.4. The van der Waals surface area contributed by atoms with Gasteiger partial charge in [0.2, 0.25) is 5.91 Å². The minimum atomic E-state index is 0.0944. The summed E-state index contributed by atoms with van der Waals surface area (Å²) >= 11 is 7.75. The van der Waals surface area contributed by atoms with Crippen LogP contribution in [0.15, 0.2) is 35.0 Å². The van der Waals surface area contributed by atoms with Crippen LogP contribution in [0.5, 0.6) is 0 Å². The molecule has 0 fully saturated rings. The van der Waals surface area contributed by atoms with Crippen LogP contribution in [0.25, 0.3) is 0 Å². The van der Waals surface area contributed by atoms with Gasteiger partial charge in [0.1, 0.15) is 0 Å². The maximum absolute atomic E-state index is 11.8. The first-order valence-corrected chi connectivity index (χ1v) is 8.00. The third-order valence-corrected chi connectivity index (χ3v) is 4.33. The second kappa shape index (κ2) is 7.46. The molecule has 2 rings (SSSR count). The van der Waals surface area contributed by atoms with Crippen molar-refractivity contribution < 1.29 is 4.79 Å². The highest BCUT2D eigenvalue weighted by atomic mass is 35.5. The minimum Gasteiger partial charge on any atom is -0.356 e. The summed E-state index contributed by atoms with van der Waals surface area (Å²) in [5, 5.41) is 7.88. The first-order chi connectivity index (χ1) is 9.65. The van der Waals surface area contributed by atoms with E-state index in [0.717, 1.165) is 29.0 Å². The first-order valence-electron chi connectivity index (χ1n) is 6.68. The lowest BCUT2D eigenvalue weighted by Gasteiger charge is -2.06. The number of carbonyl (C=O) groups is 1. The Hall–Kier alpha value is -1.32. The van der Waals surface area contributed by atoms with Crippen molar-refractivity contribution in [3.05, 3.63) is 56.7 Å². The standard InChI is InChI=1S/C16H18ClNOS/c1-12-2-3-13(10-15(12)17)4-5-16(19)18-8-6-14-7-9-20-11-14/h2-3,7,9-11H,4-6,8H2,1H3,(H,18,19). The lowest BCUT2D eigenvalue weighted by Crippen LogP contribution is -2.25. The number of nitrogens with one attached hydrogen (secondary N) is 1. The number of amides is 1. The van der Waals surface area contributed by atoms with E-state index in [1.807, 2.05) is 25.1 Å². The van der Waals surface area contributed by atoms with Gasteiger partial charge in [-0.3, -0.25) is 4.79 Å². The molecule has 4 heteroatoms. The molecule has 0 aliphatic carbocycles. The zero-order valence-corrected chi connectivity index (χ0v) is 13.1. The van der Waals surface area contributed by atoms with Gasteiger partial charge in [0.25, 0.3) is 0 Å². The van der Waals surface area contributed by atoms with Crippen molar-refractivity contribution in [2.45, 2.75) is 26.2 Å². The molecular formula is C16H18ClNOS. The van der Waals surface area contributed by atoms with Gasteiger partial charge in [-0.05, 0) is 59.3 Å². The highest BCUT2D eigenvalue weighted by Gasteiger charge is 2.04. The number of thiophene rings is 1. The normalized spacial score (nSPS) is 10.5. The number of hydrogen-bond donors (Lipinski definition) is 1. The molecule has 20 heavy (non-hydrogen) atoms. The lowest BCUT2D eigenvalue weighted by atomic mass is 10.1. The lowest BCUT2D eigenvalue weighted by molar-refractivity contribution is -0.121. The van der Waals surface area contributed by atoms with Crippen molar-refractivity contribution in [1.82, 2.24) is 5.32 Å². The maximum Gasteiger partial charge on any atom is 0.220 e. The van der Waals surface area contributed by atoms with E-state index in [0.29, 0.717) is 13.0 Å². The molecule has 1 amide bonds. The number of halogens is 1. The van der Waals surface area contributed by atoms with Crippen molar-refractivity contribution in [2.75, 3.05) is 6.54 Å². The molecule has 1 aromatic carbocycles. The van der Waals surface area contributed by atoms with Crippen LogP contribution >= 0.6 is 22.9 Å². The Bertz CT molecular complexity index is 566. The van der Waals surface area contributed by atoms with Crippen LogP contribution in [-0.4, -0.2) is 12.5 Å². The van der Waals surface area contributed by atoms with Crippen LogP contribution in [0.2, 0.25) is 5.02 Å². The van der Waals surface area contributed by atoms with E-state index in [-0.39, 0.29) is 5.91 Å². The molecule has 0 unspecified atom stereocenters. The van der Waals surface area contributed by atoms with E-state index >= 15 is 0 Å². The summed E-state index contributed by atoms with van der Waals surface area (Å²) < 4.78 is 0. The average Bonchev–Trinajstić information content (AvgIpc) is 2.93. The first kappa shape index (κ1) is 15.1. The fraction of sp³-hybridized carbons (Fsp3) is 0.312. The van der Waals surface area contributed by atoms with Crippen LogP contribution in [0.1, 0.15) is 23.1 Å². The van der Waals surface area contributed by atoms with Crippen LogP contribution in [-0.2, 0) is 17.6 Å². The quantitative estimate of drug-likeness (QED) is 0.858. The van der Waals surface area contributed by atoms with Crippen LogP contribution < -0.4 is 5.32 Å². The van der Waals surface area contributed by atoms with E-state index in [4.69, 9.17) is 11.6 Å². The Morgan fingerprint density at radius 3 is 2.80 bits per heavy atom. The highest BCUT2D eigenvalue weighted by Crippen LogP contribution is 2.17. The number of rotatable bonds is 6. The molecule has 1 N–H and O–H groups in total. The number of carbonyl (C=O) groups excluding carboxylic acids is 1. The van der Waals surface area contributed by atoms with Gasteiger partial charge in [-0.2, -0.15) is 11.3 Å². The molecule has 0 spiro atoms. The second-order valence-corrected chi connectivity index (χ2v) is 6.00. The van der Waals surface area contributed by atoms with Crippen LogP contribution in [0.3, 0.4) is 0 Å². The highest BCUT2D eigenvalue weighted by molar-refractivity contribution is 7.07. The third kappa shape index (κ3) is 4.66. The summed E-state index contributed by atoms with van der Waals surface area (Å²) in [6, 6.07) is 8.05. The van der Waals surface area contributed by atoms with Crippen molar-refractivity contribution in [1.29, 1.82) is 0 Å². The fourth-order valence-corrected chi connectivity index (χ4v) is 2.83. The van der Waals surface area contributed by atoms with Crippen molar-refractivity contribution >= 4 is 28.8 Å². The van der Waals surface area contributed by atoms with Gasteiger partial charge in [0.15, 0.2) is 0 Å². The number of aryl methyl sites for hydroxylation is 2. The topological polar surface area (TPSA) is 29.1 Å². The van der Waals surface area contributed by atoms with E-state index < -0.39 is 0 Å². The third-order valence-electron chi connectivity index (χ3n) is 3.19. The van der Waals surface area contributed by atoms with Gasteiger partial charge < -0.3 is 5.32 Å². The summed E-state index contributed by atoms with van der Waals surface area (Å²) in [6.45, 7) is 2.67. The molecule has 1 heterocycles. The van der Waals surface area contributed by atoms with E-state index in [1.165, 1.54) is 5.56 Å². The van der Waals surface area contributed by atoms with Gasteiger partial charge >= 0.3 is 0 Å². The molecule has 0 bridgehead atoms. The van der Waals surface area contributed by atoms with E-state index in [1.54, 1.807) is 11.3 Å². The molecule has 0 atom stereocenters. The fourth-order valence-electron chi connectivity index (χ4n) is 1.92. The maximum atomic E-state index is 11.8. The summed E-state index contributed by atoms with van der Waals surface area (Å²) in [5.41, 5.74) is 3.45. The Kier molecular flexibility index (Phi) is 5.62. The predicted octanol–water partition coefficient (Wildman–Crippen LogP) is 4.00. The van der Waals surface area contributed by atoms with Gasteiger partial charge in [0.05, 0.1) is 0 Å². The summed E-state index contributed by atoms with van der Waals surface area (Å²) in [7, 11) is 0. The minimum absolute atomic E-state index is 0.0944. The average molecular weight is 308 g/mol. The Balaban J connectivity index is 1.70. The SMILES string of the molecule is Cc1ccc(CCC(=O)NCCc2ccsc2)cc1Cl. The molecule has 0 radical (unpaired) electrons. The smallest absolute Gasteiger partial charge is 0.220 e. The van der Waals surface area contributed by atoms with Gasteiger partial charge in [-0.15, -0.1) is 0 Å². The van der Waals surface area contributed by atoms with Crippen LogP contribution in [0.4, 0.5) is 0 Å². The summed E-state index contributed by atoms with van der Waals surface area (Å²) in [5.74, 6) is 0.0944. The largest absolute Gasteiger partial charge is 0.356 e. The number of benzene rings is 1. The van der Waals surface area contributed by atoms with Crippen molar-refractivity contribution in [3.8, 4) is 0 Å². The molecule has 2 nitrogen and oxygen atoms in total. The molecule has 0 aliphatic heterocycles. The van der Waals surface area contributed by atoms with E-state index in [9.17, 15) is 4.79 Å². The zero-order valence-electron chi connectivity index (χ0n) is 11.5. The second-order valence-electron chi connectivity index (χ2n) is 4.82. The van der Waals surface area contributed by atoms with Gasteiger partial charge in [-0.25, -0.2) is 0 Å². The Morgan fingerprint density at radius 2 is 2.10 bits per heavy atom. The molecule has 0 saturated heterocycles. The Morgan fingerprint density at radius 1 is 1.25 bits per heavy atom. The summed E-state index contributed by atoms with van der Waals surface area (Å²) in [4.78, 5) is 11.8. The molecule has 2 aromatic rings.